The molecule has 0 spiro atoms. The Bertz CT molecular complexity index is 650. The first kappa shape index (κ1) is 11.1. The molecule has 2 heterocycles. The number of hydrogen-bond acceptors (Lipinski definition) is 3. The van der Waals surface area contributed by atoms with Gasteiger partial charge in [-0.2, -0.15) is 0 Å². The van der Waals surface area contributed by atoms with Crippen LogP contribution >= 0.6 is 11.6 Å². The second-order valence-corrected chi connectivity index (χ2v) is 4.64. The molecule has 0 radical (unpaired) electrons. The van der Waals surface area contributed by atoms with Crippen LogP contribution in [0.2, 0.25) is 5.15 Å². The van der Waals surface area contributed by atoms with Crippen LogP contribution in [0.5, 0.6) is 0 Å². The summed E-state index contributed by atoms with van der Waals surface area (Å²) in [7, 11) is 1.77. The molecule has 2 aromatic rings. The lowest BCUT2D eigenvalue weighted by Gasteiger charge is -2.10. The molecular weight excluding hydrogens is 252 g/mol. The molecular formula is C12H11ClN4O. The van der Waals surface area contributed by atoms with Gasteiger partial charge < -0.3 is 15.6 Å². The molecule has 18 heavy (non-hydrogen) atoms. The molecule has 5 nitrogen and oxygen atoms in total. The van der Waals surface area contributed by atoms with Crippen LogP contribution in [-0.4, -0.2) is 22.9 Å². The number of halogens is 1. The number of aromatic nitrogens is 2. The third kappa shape index (κ3) is 1.55. The Labute approximate surface area is 109 Å². The number of amides is 1. The Morgan fingerprint density at radius 2 is 2.28 bits per heavy atom. The van der Waals surface area contributed by atoms with E-state index in [0.29, 0.717) is 17.3 Å². The molecule has 1 aromatic heterocycles. The SMILES string of the molecule is CN1C(=O)Cc2cc(-c3nc(N)[nH]c3Cl)ccc21. The van der Waals surface area contributed by atoms with Gasteiger partial charge in [0.15, 0.2) is 5.95 Å². The maximum atomic E-state index is 11.6. The molecule has 0 saturated heterocycles. The molecule has 0 bridgehead atoms. The van der Waals surface area contributed by atoms with Crippen molar-refractivity contribution in [1.29, 1.82) is 0 Å². The zero-order chi connectivity index (χ0) is 12.9. The highest BCUT2D eigenvalue weighted by Crippen LogP contribution is 2.33. The van der Waals surface area contributed by atoms with Crippen LogP contribution in [0, 0.1) is 0 Å². The summed E-state index contributed by atoms with van der Waals surface area (Å²) in [5.74, 6) is 0.374. The van der Waals surface area contributed by atoms with E-state index in [0.717, 1.165) is 16.8 Å². The molecule has 6 heteroatoms. The molecule has 0 atom stereocenters. The van der Waals surface area contributed by atoms with Crippen molar-refractivity contribution in [2.75, 3.05) is 17.7 Å². The third-order valence-corrected chi connectivity index (χ3v) is 3.38. The first-order valence-corrected chi connectivity index (χ1v) is 5.85. The number of H-pyrrole nitrogens is 1. The van der Waals surface area contributed by atoms with Crippen LogP contribution in [0.4, 0.5) is 11.6 Å². The summed E-state index contributed by atoms with van der Waals surface area (Å²) < 4.78 is 0. The normalized spacial score (nSPS) is 14.1. The average molecular weight is 263 g/mol. The second kappa shape index (κ2) is 3.74. The number of carbonyl (C=O) groups excluding carboxylic acids is 1. The molecule has 1 amide bonds. The van der Waals surface area contributed by atoms with E-state index in [9.17, 15) is 4.79 Å². The number of rotatable bonds is 1. The van der Waals surface area contributed by atoms with Crippen LogP contribution in [0.15, 0.2) is 18.2 Å². The van der Waals surface area contributed by atoms with Crippen molar-refractivity contribution in [3.8, 4) is 11.3 Å². The van der Waals surface area contributed by atoms with Gasteiger partial charge in [0, 0.05) is 18.3 Å². The monoisotopic (exact) mass is 262 g/mol. The van der Waals surface area contributed by atoms with Gasteiger partial charge in [-0.25, -0.2) is 4.98 Å². The summed E-state index contributed by atoms with van der Waals surface area (Å²) in [6, 6.07) is 5.71. The van der Waals surface area contributed by atoms with Gasteiger partial charge in [-0.05, 0) is 17.7 Å². The standard InChI is InChI=1S/C12H11ClN4O/c1-17-8-3-2-6(4-7(8)5-9(17)18)10-11(13)16-12(14)15-10/h2-4H,5H2,1H3,(H3,14,15,16). The number of carbonyl (C=O) groups is 1. The Morgan fingerprint density at radius 3 is 2.94 bits per heavy atom. The Kier molecular flexibility index (Phi) is 2.31. The lowest BCUT2D eigenvalue weighted by Crippen LogP contribution is -2.20. The number of fused-ring (bicyclic) bond motifs is 1. The van der Waals surface area contributed by atoms with E-state index >= 15 is 0 Å². The summed E-state index contributed by atoms with van der Waals surface area (Å²) in [6.07, 6.45) is 0.414. The number of benzene rings is 1. The summed E-state index contributed by atoms with van der Waals surface area (Å²) >= 11 is 6.01. The predicted octanol–water partition coefficient (Wildman–Crippen LogP) is 1.83. The zero-order valence-corrected chi connectivity index (χ0v) is 10.5. The average Bonchev–Trinajstić information content (AvgIpc) is 2.80. The van der Waals surface area contributed by atoms with Gasteiger partial charge in [0.1, 0.15) is 10.8 Å². The number of imidazole rings is 1. The predicted molar refractivity (Wildman–Crippen MR) is 70.6 cm³/mol. The van der Waals surface area contributed by atoms with Gasteiger partial charge in [-0.15, -0.1) is 0 Å². The van der Waals surface area contributed by atoms with Crippen LogP contribution in [-0.2, 0) is 11.2 Å². The highest BCUT2D eigenvalue weighted by atomic mass is 35.5. The molecule has 0 unspecified atom stereocenters. The number of hydrogen-bond donors (Lipinski definition) is 2. The van der Waals surface area contributed by atoms with Crippen molar-refractivity contribution in [2.45, 2.75) is 6.42 Å². The van der Waals surface area contributed by atoms with E-state index in [1.165, 1.54) is 0 Å². The maximum absolute atomic E-state index is 11.6. The summed E-state index contributed by atoms with van der Waals surface area (Å²) in [4.78, 5) is 20.1. The number of nitrogens with zero attached hydrogens (tertiary/aromatic N) is 2. The van der Waals surface area contributed by atoms with Crippen LogP contribution < -0.4 is 10.6 Å². The van der Waals surface area contributed by atoms with E-state index < -0.39 is 0 Å². The van der Waals surface area contributed by atoms with E-state index in [1.807, 2.05) is 18.2 Å². The molecule has 0 fully saturated rings. The van der Waals surface area contributed by atoms with Crippen molar-refractivity contribution in [3.63, 3.8) is 0 Å². The highest BCUT2D eigenvalue weighted by molar-refractivity contribution is 6.32. The van der Waals surface area contributed by atoms with Gasteiger partial charge in [-0.3, -0.25) is 4.79 Å². The minimum Gasteiger partial charge on any atom is -0.369 e. The number of nitrogens with one attached hydrogen (secondary N) is 1. The molecule has 1 aliphatic rings. The van der Waals surface area contributed by atoms with Gasteiger partial charge in [0.05, 0.1) is 6.42 Å². The summed E-state index contributed by atoms with van der Waals surface area (Å²) in [5.41, 5.74) is 8.94. The molecule has 3 N–H and O–H groups in total. The smallest absolute Gasteiger partial charge is 0.231 e. The largest absolute Gasteiger partial charge is 0.369 e. The molecule has 1 aliphatic heterocycles. The van der Waals surface area contributed by atoms with Crippen molar-refractivity contribution in [3.05, 3.63) is 28.9 Å². The van der Waals surface area contributed by atoms with E-state index in [1.54, 1.807) is 11.9 Å². The third-order valence-electron chi connectivity index (χ3n) is 3.11. The lowest BCUT2D eigenvalue weighted by molar-refractivity contribution is -0.117. The molecule has 0 aliphatic carbocycles. The fraction of sp³-hybridized carbons (Fsp3) is 0.167. The Hall–Kier alpha value is -2.01. The first-order chi connectivity index (χ1) is 8.56. The number of likely N-dealkylation sites (N-methyl/N-ethyl adjacent to an activating group) is 1. The first-order valence-electron chi connectivity index (χ1n) is 5.47. The van der Waals surface area contributed by atoms with Crippen LogP contribution in [0.1, 0.15) is 5.56 Å². The van der Waals surface area contributed by atoms with Crippen LogP contribution in [0.3, 0.4) is 0 Å². The quantitative estimate of drug-likeness (QED) is 0.823. The highest BCUT2D eigenvalue weighted by Gasteiger charge is 2.24. The second-order valence-electron chi connectivity index (χ2n) is 4.26. The number of anilines is 2. The number of nitrogen functional groups attached to an aromatic ring is 1. The summed E-state index contributed by atoms with van der Waals surface area (Å²) in [5, 5.41) is 0.408. The number of aromatic amines is 1. The topological polar surface area (TPSA) is 75.0 Å². The molecule has 3 rings (SSSR count). The lowest BCUT2D eigenvalue weighted by atomic mass is 10.1. The Morgan fingerprint density at radius 1 is 1.50 bits per heavy atom. The van der Waals surface area contributed by atoms with E-state index in [-0.39, 0.29) is 11.9 Å². The van der Waals surface area contributed by atoms with Gasteiger partial charge in [0.2, 0.25) is 5.91 Å². The van der Waals surface area contributed by atoms with Crippen molar-refractivity contribution in [1.82, 2.24) is 9.97 Å². The minimum atomic E-state index is 0.0924. The fourth-order valence-corrected chi connectivity index (χ4v) is 2.43. The van der Waals surface area contributed by atoms with Crippen LogP contribution in [0.25, 0.3) is 11.3 Å². The maximum Gasteiger partial charge on any atom is 0.231 e. The molecule has 0 saturated carbocycles. The fourth-order valence-electron chi connectivity index (χ4n) is 2.18. The molecule has 1 aromatic carbocycles. The van der Waals surface area contributed by atoms with Crippen molar-refractivity contribution in [2.24, 2.45) is 0 Å². The van der Waals surface area contributed by atoms with E-state index in [2.05, 4.69) is 9.97 Å². The van der Waals surface area contributed by atoms with E-state index in [4.69, 9.17) is 17.3 Å². The number of nitrogens with two attached hydrogens (primary N) is 1. The van der Waals surface area contributed by atoms with Gasteiger partial charge >= 0.3 is 0 Å². The van der Waals surface area contributed by atoms with Crippen molar-refractivity contribution >= 4 is 29.1 Å². The molecule has 92 valence electrons. The zero-order valence-electron chi connectivity index (χ0n) is 9.70. The van der Waals surface area contributed by atoms with Gasteiger partial charge in [-0.1, -0.05) is 17.7 Å². The van der Waals surface area contributed by atoms with Gasteiger partial charge in [0.25, 0.3) is 0 Å². The summed E-state index contributed by atoms with van der Waals surface area (Å²) in [6.45, 7) is 0. The minimum absolute atomic E-state index is 0.0924. The Balaban J connectivity index is 2.09. The van der Waals surface area contributed by atoms with Crippen molar-refractivity contribution < 1.29 is 4.79 Å².